The van der Waals surface area contributed by atoms with Gasteiger partial charge < -0.3 is 4.98 Å². The van der Waals surface area contributed by atoms with Crippen LogP contribution in [0.3, 0.4) is 0 Å². The van der Waals surface area contributed by atoms with Crippen LogP contribution < -0.4 is 5.43 Å². The number of sulfone groups is 1. The summed E-state index contributed by atoms with van der Waals surface area (Å²) in [5, 5.41) is 0. The monoisotopic (exact) mass is 317 g/mol. The van der Waals surface area contributed by atoms with Gasteiger partial charge in [0, 0.05) is 24.0 Å². The van der Waals surface area contributed by atoms with E-state index in [4.69, 9.17) is 0 Å². The minimum atomic E-state index is -4.53. The molecule has 21 heavy (non-hydrogen) atoms. The van der Waals surface area contributed by atoms with Crippen LogP contribution >= 0.6 is 0 Å². The van der Waals surface area contributed by atoms with Crippen LogP contribution in [-0.4, -0.2) is 13.4 Å². The predicted octanol–water partition coefficient (Wildman–Crippen LogP) is 2.37. The maximum atomic E-state index is 12.4. The standard InChI is InChI=1S/C13H10F3NO3S/c14-13(15,16)10-1-3-11(4-2-10)21(19,20)8-9-7-17-6-5-12(9)18/h1-7H,8H2,(H,17,18). The second kappa shape index (κ2) is 5.36. The zero-order valence-electron chi connectivity index (χ0n) is 10.5. The van der Waals surface area contributed by atoms with E-state index in [1.807, 2.05) is 0 Å². The summed E-state index contributed by atoms with van der Waals surface area (Å²) in [6, 6.07) is 4.34. The SMILES string of the molecule is O=c1cc[nH]cc1CS(=O)(=O)c1ccc(C(F)(F)F)cc1. The summed E-state index contributed by atoms with van der Waals surface area (Å²) >= 11 is 0. The van der Waals surface area contributed by atoms with Crippen molar-refractivity contribution in [3.05, 3.63) is 64.1 Å². The summed E-state index contributed by atoms with van der Waals surface area (Å²) < 4.78 is 61.4. The number of alkyl halides is 3. The molecule has 0 aliphatic heterocycles. The van der Waals surface area contributed by atoms with Crippen molar-refractivity contribution in [3.63, 3.8) is 0 Å². The summed E-state index contributed by atoms with van der Waals surface area (Å²) in [5.74, 6) is -0.575. The van der Waals surface area contributed by atoms with Crippen LogP contribution in [0, 0.1) is 0 Å². The van der Waals surface area contributed by atoms with Crippen LogP contribution in [0.4, 0.5) is 13.2 Å². The lowest BCUT2D eigenvalue weighted by Crippen LogP contribution is -2.14. The molecule has 1 aromatic carbocycles. The Kier molecular flexibility index (Phi) is 3.91. The molecule has 2 rings (SSSR count). The third-order valence-electron chi connectivity index (χ3n) is 2.79. The third-order valence-corrected chi connectivity index (χ3v) is 4.47. The van der Waals surface area contributed by atoms with E-state index in [0.717, 1.165) is 12.1 Å². The van der Waals surface area contributed by atoms with Gasteiger partial charge in [0.2, 0.25) is 0 Å². The maximum absolute atomic E-state index is 12.4. The van der Waals surface area contributed by atoms with E-state index >= 15 is 0 Å². The molecule has 1 N–H and O–H groups in total. The molecule has 0 fully saturated rings. The van der Waals surface area contributed by atoms with Crippen LogP contribution in [0.2, 0.25) is 0 Å². The molecule has 2 aromatic rings. The fraction of sp³-hybridized carbons (Fsp3) is 0.154. The van der Waals surface area contributed by atoms with E-state index < -0.39 is 32.8 Å². The molecule has 0 unspecified atom stereocenters. The van der Waals surface area contributed by atoms with E-state index in [1.165, 1.54) is 18.5 Å². The molecule has 0 saturated carbocycles. The zero-order chi connectivity index (χ0) is 15.7. The second-order valence-electron chi connectivity index (χ2n) is 4.32. The van der Waals surface area contributed by atoms with Crippen LogP contribution in [0.25, 0.3) is 0 Å². The zero-order valence-corrected chi connectivity index (χ0v) is 11.3. The van der Waals surface area contributed by atoms with Gasteiger partial charge in [-0.15, -0.1) is 0 Å². The molecule has 112 valence electrons. The molecule has 0 saturated heterocycles. The van der Waals surface area contributed by atoms with Crippen molar-refractivity contribution in [2.75, 3.05) is 0 Å². The lowest BCUT2D eigenvalue weighted by molar-refractivity contribution is -0.137. The van der Waals surface area contributed by atoms with Crippen molar-refractivity contribution in [3.8, 4) is 0 Å². The van der Waals surface area contributed by atoms with E-state index in [0.29, 0.717) is 12.1 Å². The van der Waals surface area contributed by atoms with Crippen LogP contribution in [0.1, 0.15) is 11.1 Å². The van der Waals surface area contributed by atoms with Crippen LogP contribution in [0.15, 0.2) is 52.4 Å². The Balaban J connectivity index is 2.33. The highest BCUT2D eigenvalue weighted by atomic mass is 32.2. The molecule has 0 radical (unpaired) electrons. The van der Waals surface area contributed by atoms with Gasteiger partial charge in [0.15, 0.2) is 15.3 Å². The largest absolute Gasteiger partial charge is 0.416 e. The van der Waals surface area contributed by atoms with Crippen LogP contribution in [-0.2, 0) is 21.8 Å². The number of rotatable bonds is 3. The molecule has 0 amide bonds. The van der Waals surface area contributed by atoms with E-state index in [9.17, 15) is 26.4 Å². The number of halogens is 3. The molecule has 4 nitrogen and oxygen atoms in total. The smallest absolute Gasteiger partial charge is 0.367 e. The first-order valence-electron chi connectivity index (χ1n) is 5.76. The van der Waals surface area contributed by atoms with Crippen molar-refractivity contribution in [2.24, 2.45) is 0 Å². The predicted molar refractivity (Wildman–Crippen MR) is 69.4 cm³/mol. The highest BCUT2D eigenvalue weighted by Gasteiger charge is 2.30. The van der Waals surface area contributed by atoms with E-state index in [-0.39, 0.29) is 10.5 Å². The molecule has 0 aliphatic carbocycles. The van der Waals surface area contributed by atoms with Gasteiger partial charge in [0.05, 0.1) is 16.2 Å². The van der Waals surface area contributed by atoms with Gasteiger partial charge in [-0.25, -0.2) is 8.42 Å². The number of aromatic nitrogens is 1. The molecular formula is C13H10F3NO3S. The number of H-pyrrole nitrogens is 1. The number of nitrogens with one attached hydrogen (secondary N) is 1. The second-order valence-corrected chi connectivity index (χ2v) is 6.30. The Labute approximate surface area is 118 Å². The van der Waals surface area contributed by atoms with E-state index in [2.05, 4.69) is 4.98 Å². The molecule has 8 heteroatoms. The normalized spacial score (nSPS) is 12.3. The van der Waals surface area contributed by atoms with Gasteiger partial charge in [-0.1, -0.05) is 0 Å². The summed E-state index contributed by atoms with van der Waals surface area (Å²) in [5.41, 5.74) is -1.36. The number of aromatic amines is 1. The molecule has 0 spiro atoms. The number of pyridine rings is 1. The first-order valence-corrected chi connectivity index (χ1v) is 7.41. The molecule has 1 heterocycles. The first-order chi connectivity index (χ1) is 9.70. The Morgan fingerprint density at radius 1 is 1.05 bits per heavy atom. The lowest BCUT2D eigenvalue weighted by atomic mass is 10.2. The van der Waals surface area contributed by atoms with Gasteiger partial charge in [-0.05, 0) is 24.3 Å². The van der Waals surface area contributed by atoms with Gasteiger partial charge in [0.1, 0.15) is 0 Å². The lowest BCUT2D eigenvalue weighted by Gasteiger charge is -2.08. The number of benzene rings is 1. The molecular weight excluding hydrogens is 307 g/mol. The van der Waals surface area contributed by atoms with Gasteiger partial charge in [-0.3, -0.25) is 4.79 Å². The summed E-state index contributed by atoms with van der Waals surface area (Å²) in [6.45, 7) is 0. The highest BCUT2D eigenvalue weighted by molar-refractivity contribution is 7.90. The minimum absolute atomic E-state index is 0.0254. The van der Waals surface area contributed by atoms with Gasteiger partial charge >= 0.3 is 6.18 Å². The average Bonchev–Trinajstić information content (AvgIpc) is 2.40. The molecule has 1 aromatic heterocycles. The Bertz CT molecular complexity index is 792. The minimum Gasteiger partial charge on any atom is -0.367 e. The fourth-order valence-electron chi connectivity index (χ4n) is 1.70. The quantitative estimate of drug-likeness (QED) is 0.945. The summed E-state index contributed by atoms with van der Waals surface area (Å²) in [7, 11) is -3.89. The summed E-state index contributed by atoms with van der Waals surface area (Å²) in [4.78, 5) is 13.8. The average molecular weight is 317 g/mol. The molecule has 0 bridgehead atoms. The van der Waals surface area contributed by atoms with Crippen molar-refractivity contribution in [1.29, 1.82) is 0 Å². The van der Waals surface area contributed by atoms with Crippen molar-refractivity contribution < 1.29 is 21.6 Å². The van der Waals surface area contributed by atoms with Gasteiger partial charge in [-0.2, -0.15) is 13.2 Å². The maximum Gasteiger partial charge on any atom is 0.416 e. The highest BCUT2D eigenvalue weighted by Crippen LogP contribution is 2.30. The molecule has 0 aliphatic rings. The van der Waals surface area contributed by atoms with Crippen molar-refractivity contribution in [2.45, 2.75) is 16.8 Å². The topological polar surface area (TPSA) is 67.0 Å². The Morgan fingerprint density at radius 3 is 2.19 bits per heavy atom. The molecule has 0 atom stereocenters. The Morgan fingerprint density at radius 2 is 1.67 bits per heavy atom. The van der Waals surface area contributed by atoms with E-state index in [1.54, 1.807) is 0 Å². The van der Waals surface area contributed by atoms with Crippen molar-refractivity contribution in [1.82, 2.24) is 4.98 Å². The third kappa shape index (κ3) is 3.52. The van der Waals surface area contributed by atoms with Crippen LogP contribution in [0.5, 0.6) is 0 Å². The van der Waals surface area contributed by atoms with Gasteiger partial charge in [0.25, 0.3) is 0 Å². The Hall–Kier alpha value is -2.09. The fourth-order valence-corrected chi connectivity index (χ4v) is 3.06. The summed E-state index contributed by atoms with van der Waals surface area (Å²) in [6.07, 6.45) is -1.92. The van der Waals surface area contributed by atoms with Crippen molar-refractivity contribution >= 4 is 9.84 Å². The number of hydrogen-bond acceptors (Lipinski definition) is 3. The number of hydrogen-bond donors (Lipinski definition) is 1. The first kappa shape index (κ1) is 15.3.